The zero-order valence-corrected chi connectivity index (χ0v) is 12.4. The Labute approximate surface area is 112 Å². The van der Waals surface area contributed by atoms with Gasteiger partial charge in [0.25, 0.3) is 0 Å². The van der Waals surface area contributed by atoms with Crippen LogP contribution in [0.4, 0.5) is 0 Å². The molecule has 1 N–H and O–H groups in total. The lowest BCUT2D eigenvalue weighted by Crippen LogP contribution is -2.22. The number of aliphatic hydroxyl groups excluding tert-OH is 1. The Morgan fingerprint density at radius 1 is 1.11 bits per heavy atom. The van der Waals surface area contributed by atoms with Crippen molar-refractivity contribution in [2.75, 3.05) is 11.5 Å². The number of sulfone groups is 1. The summed E-state index contributed by atoms with van der Waals surface area (Å²) in [6.45, 7) is 1.68. The molecule has 0 aromatic carbocycles. The largest absolute Gasteiger partial charge is 0.393 e. The minimum atomic E-state index is -2.87. The third-order valence-corrected chi connectivity index (χ3v) is 5.88. The topological polar surface area (TPSA) is 54.4 Å². The Kier molecular flexibility index (Phi) is 7.23. The molecule has 0 spiro atoms. The van der Waals surface area contributed by atoms with Gasteiger partial charge < -0.3 is 5.11 Å². The maximum atomic E-state index is 11.4. The summed E-state index contributed by atoms with van der Waals surface area (Å²) in [7, 11) is -2.87. The molecule has 18 heavy (non-hydrogen) atoms. The van der Waals surface area contributed by atoms with Crippen molar-refractivity contribution in [2.24, 2.45) is 5.92 Å². The predicted octanol–water partition coefficient (Wildman–Crippen LogP) is 2.92. The molecule has 0 heterocycles. The van der Waals surface area contributed by atoms with Crippen LogP contribution in [-0.2, 0) is 9.84 Å². The van der Waals surface area contributed by atoms with Crippen LogP contribution in [0.3, 0.4) is 0 Å². The van der Waals surface area contributed by atoms with Gasteiger partial charge in [0.2, 0.25) is 0 Å². The first kappa shape index (κ1) is 16.0. The summed E-state index contributed by atoms with van der Waals surface area (Å²) in [5, 5.41) is 10.2. The van der Waals surface area contributed by atoms with E-state index in [4.69, 9.17) is 0 Å². The molecule has 0 saturated heterocycles. The fraction of sp³-hybridized carbons (Fsp3) is 1.00. The van der Waals surface area contributed by atoms with E-state index in [0.29, 0.717) is 18.8 Å². The second-order valence-corrected chi connectivity index (χ2v) is 8.02. The quantitative estimate of drug-likeness (QED) is 0.811. The molecule has 0 radical (unpaired) electrons. The summed E-state index contributed by atoms with van der Waals surface area (Å²) in [4.78, 5) is 0. The molecule has 1 saturated carbocycles. The molecule has 1 rings (SSSR count). The van der Waals surface area contributed by atoms with Gasteiger partial charge in [-0.15, -0.1) is 0 Å². The molecule has 0 aromatic heterocycles. The number of hydrogen-bond acceptors (Lipinski definition) is 3. The second kappa shape index (κ2) is 8.16. The normalized spacial score (nSPS) is 21.2. The zero-order chi connectivity index (χ0) is 13.4. The second-order valence-electron chi connectivity index (χ2n) is 5.55. The first-order valence-electron chi connectivity index (χ1n) is 7.43. The smallest absolute Gasteiger partial charge is 0.150 e. The molecule has 0 bridgehead atoms. The average molecular weight is 276 g/mol. The lowest BCUT2D eigenvalue weighted by Gasteiger charge is -2.24. The Morgan fingerprint density at radius 2 is 1.67 bits per heavy atom. The van der Waals surface area contributed by atoms with E-state index >= 15 is 0 Å². The first-order valence-corrected chi connectivity index (χ1v) is 9.26. The average Bonchev–Trinajstić information content (AvgIpc) is 2.28. The van der Waals surface area contributed by atoms with Gasteiger partial charge in [-0.25, -0.2) is 8.42 Å². The highest BCUT2D eigenvalue weighted by molar-refractivity contribution is 7.91. The van der Waals surface area contributed by atoms with Gasteiger partial charge in [-0.3, -0.25) is 0 Å². The SMILES string of the molecule is CCS(=O)(=O)CCCC(O)C1CCCCCCC1. The van der Waals surface area contributed by atoms with Crippen LogP contribution in [0.15, 0.2) is 0 Å². The Bertz CT molecular complexity index is 303. The minimum Gasteiger partial charge on any atom is -0.393 e. The predicted molar refractivity (Wildman–Crippen MR) is 75.4 cm³/mol. The summed E-state index contributed by atoms with van der Waals surface area (Å²) >= 11 is 0. The van der Waals surface area contributed by atoms with Gasteiger partial charge in [-0.2, -0.15) is 0 Å². The van der Waals surface area contributed by atoms with Crippen molar-refractivity contribution in [3.8, 4) is 0 Å². The third kappa shape index (κ3) is 6.19. The highest BCUT2D eigenvalue weighted by Gasteiger charge is 2.20. The van der Waals surface area contributed by atoms with E-state index < -0.39 is 9.84 Å². The van der Waals surface area contributed by atoms with Gasteiger partial charge >= 0.3 is 0 Å². The van der Waals surface area contributed by atoms with Gasteiger partial charge in [-0.05, 0) is 31.6 Å². The number of hydrogen-bond donors (Lipinski definition) is 1. The van der Waals surface area contributed by atoms with Crippen LogP contribution in [0.25, 0.3) is 0 Å². The van der Waals surface area contributed by atoms with Gasteiger partial charge in [0.15, 0.2) is 0 Å². The van der Waals surface area contributed by atoms with Crippen molar-refractivity contribution in [1.29, 1.82) is 0 Å². The molecule has 1 atom stereocenters. The first-order chi connectivity index (χ1) is 8.55. The minimum absolute atomic E-state index is 0.215. The van der Waals surface area contributed by atoms with Crippen LogP contribution in [0.5, 0.6) is 0 Å². The molecule has 1 fully saturated rings. The number of rotatable bonds is 6. The maximum absolute atomic E-state index is 11.4. The molecule has 1 aliphatic carbocycles. The van der Waals surface area contributed by atoms with Crippen LogP contribution in [-0.4, -0.2) is 31.1 Å². The van der Waals surface area contributed by atoms with Crippen molar-refractivity contribution < 1.29 is 13.5 Å². The van der Waals surface area contributed by atoms with Crippen molar-refractivity contribution in [1.82, 2.24) is 0 Å². The summed E-state index contributed by atoms with van der Waals surface area (Å²) in [5.74, 6) is 0.842. The molecule has 0 amide bonds. The fourth-order valence-corrected chi connectivity index (χ4v) is 3.66. The van der Waals surface area contributed by atoms with Gasteiger partial charge in [-0.1, -0.05) is 39.0 Å². The Balaban J connectivity index is 2.28. The van der Waals surface area contributed by atoms with Crippen LogP contribution >= 0.6 is 0 Å². The van der Waals surface area contributed by atoms with Crippen LogP contribution in [0.1, 0.15) is 64.7 Å². The highest BCUT2D eigenvalue weighted by Crippen LogP contribution is 2.26. The lowest BCUT2D eigenvalue weighted by molar-refractivity contribution is 0.0827. The molecule has 1 unspecified atom stereocenters. The molecule has 3 nitrogen and oxygen atoms in total. The van der Waals surface area contributed by atoms with Gasteiger partial charge in [0.1, 0.15) is 9.84 Å². The van der Waals surface area contributed by atoms with E-state index in [1.165, 1.54) is 32.1 Å². The molecular weight excluding hydrogens is 248 g/mol. The van der Waals surface area contributed by atoms with Gasteiger partial charge in [0.05, 0.1) is 11.9 Å². The monoisotopic (exact) mass is 276 g/mol. The Hall–Kier alpha value is -0.0900. The van der Waals surface area contributed by atoms with E-state index in [2.05, 4.69) is 0 Å². The van der Waals surface area contributed by atoms with Crippen LogP contribution in [0.2, 0.25) is 0 Å². The van der Waals surface area contributed by atoms with E-state index in [1.54, 1.807) is 6.92 Å². The van der Waals surface area contributed by atoms with Crippen molar-refractivity contribution in [3.05, 3.63) is 0 Å². The summed E-state index contributed by atoms with van der Waals surface area (Å²) < 4.78 is 22.8. The van der Waals surface area contributed by atoms with Crippen molar-refractivity contribution in [3.63, 3.8) is 0 Å². The number of aliphatic hydroxyl groups is 1. The third-order valence-electron chi connectivity index (χ3n) is 4.09. The molecular formula is C14H28O3S. The lowest BCUT2D eigenvalue weighted by atomic mass is 9.86. The van der Waals surface area contributed by atoms with Gasteiger partial charge in [0, 0.05) is 5.75 Å². The fourth-order valence-electron chi connectivity index (χ4n) is 2.76. The highest BCUT2D eigenvalue weighted by atomic mass is 32.2. The summed E-state index contributed by atoms with van der Waals surface area (Å²) in [6.07, 6.45) is 9.51. The molecule has 0 aromatic rings. The Morgan fingerprint density at radius 3 is 2.22 bits per heavy atom. The maximum Gasteiger partial charge on any atom is 0.150 e. The van der Waals surface area contributed by atoms with E-state index in [1.807, 2.05) is 0 Å². The molecule has 4 heteroatoms. The molecule has 108 valence electrons. The molecule has 0 aliphatic heterocycles. The van der Waals surface area contributed by atoms with Crippen LogP contribution < -0.4 is 0 Å². The van der Waals surface area contributed by atoms with E-state index in [0.717, 1.165) is 12.8 Å². The zero-order valence-electron chi connectivity index (χ0n) is 11.6. The van der Waals surface area contributed by atoms with Crippen molar-refractivity contribution in [2.45, 2.75) is 70.8 Å². The molecule has 1 aliphatic rings. The van der Waals surface area contributed by atoms with Crippen LogP contribution in [0, 0.1) is 5.92 Å². The summed E-state index contributed by atoms with van der Waals surface area (Å²) in [5.41, 5.74) is 0. The summed E-state index contributed by atoms with van der Waals surface area (Å²) in [6, 6.07) is 0. The standard InChI is InChI=1S/C14H28O3S/c1-2-18(16,17)12-8-11-14(15)13-9-6-4-3-5-7-10-13/h13-15H,2-12H2,1H3. The van der Waals surface area contributed by atoms with Crippen molar-refractivity contribution >= 4 is 9.84 Å². The van der Waals surface area contributed by atoms with E-state index in [9.17, 15) is 13.5 Å². The van der Waals surface area contributed by atoms with E-state index in [-0.39, 0.29) is 17.6 Å².